The second kappa shape index (κ2) is 3.42. The van der Waals surface area contributed by atoms with Crippen LogP contribution in [-0.4, -0.2) is 12.7 Å². The Labute approximate surface area is 81.5 Å². The van der Waals surface area contributed by atoms with Crippen LogP contribution in [0.2, 0.25) is 0 Å². The van der Waals surface area contributed by atoms with Crippen molar-refractivity contribution in [3.05, 3.63) is 23.3 Å². The van der Waals surface area contributed by atoms with Crippen molar-refractivity contribution < 1.29 is 13.2 Å². The number of allylic oxidation sites excluding steroid dienone is 3. The summed E-state index contributed by atoms with van der Waals surface area (Å²) in [5.41, 5.74) is 4.59. The number of halogens is 3. The highest BCUT2D eigenvalue weighted by Crippen LogP contribution is 2.44. The molecule has 1 atom stereocenters. The molecule has 0 bridgehead atoms. The van der Waals surface area contributed by atoms with E-state index in [-0.39, 0.29) is 6.54 Å². The summed E-state index contributed by atoms with van der Waals surface area (Å²) in [4.78, 5) is 0. The minimum absolute atomic E-state index is 0.0160. The Morgan fingerprint density at radius 2 is 2.07 bits per heavy atom. The molecule has 0 radical (unpaired) electrons. The molecule has 0 heterocycles. The molecule has 4 heteroatoms. The number of hydrogen-bond donors (Lipinski definition) is 1. The average Bonchev–Trinajstić information content (AvgIpc) is 2.08. The summed E-state index contributed by atoms with van der Waals surface area (Å²) >= 11 is 0. The first-order valence-corrected chi connectivity index (χ1v) is 4.46. The van der Waals surface area contributed by atoms with Gasteiger partial charge in [0.2, 0.25) is 0 Å². The molecule has 0 saturated heterocycles. The highest BCUT2D eigenvalue weighted by atomic mass is 19.4. The molecule has 0 aromatic heterocycles. The van der Waals surface area contributed by atoms with E-state index in [0.29, 0.717) is 12.0 Å². The van der Waals surface area contributed by atoms with Crippen molar-refractivity contribution in [2.75, 3.05) is 6.54 Å². The van der Waals surface area contributed by atoms with E-state index in [4.69, 9.17) is 5.73 Å². The van der Waals surface area contributed by atoms with Crippen LogP contribution in [0.25, 0.3) is 0 Å². The first-order chi connectivity index (χ1) is 6.29. The number of hydrogen-bond acceptors (Lipinski definition) is 1. The molecule has 0 saturated carbocycles. The molecule has 0 aromatic carbocycles. The van der Waals surface area contributed by atoms with E-state index in [2.05, 4.69) is 0 Å². The lowest BCUT2D eigenvalue weighted by Gasteiger charge is -2.34. The first-order valence-electron chi connectivity index (χ1n) is 4.46. The molecule has 0 fully saturated rings. The maximum atomic E-state index is 12.6. The highest BCUT2D eigenvalue weighted by Gasteiger charge is 2.45. The number of alkyl halides is 3. The van der Waals surface area contributed by atoms with Gasteiger partial charge in [0.15, 0.2) is 0 Å². The lowest BCUT2D eigenvalue weighted by atomic mass is 9.75. The van der Waals surface area contributed by atoms with E-state index < -0.39 is 17.2 Å². The molecule has 0 aliphatic heterocycles. The molecule has 2 N–H and O–H groups in total. The Morgan fingerprint density at radius 1 is 1.50 bits per heavy atom. The van der Waals surface area contributed by atoms with E-state index in [9.17, 15) is 13.2 Å². The third kappa shape index (κ3) is 2.00. The third-order valence-corrected chi connectivity index (χ3v) is 2.65. The van der Waals surface area contributed by atoms with Crippen molar-refractivity contribution in [1.29, 1.82) is 0 Å². The second-order valence-corrected chi connectivity index (χ2v) is 3.97. The van der Waals surface area contributed by atoms with Crippen molar-refractivity contribution in [2.24, 2.45) is 11.1 Å². The van der Waals surface area contributed by atoms with Gasteiger partial charge < -0.3 is 5.73 Å². The van der Waals surface area contributed by atoms with Crippen LogP contribution in [0.1, 0.15) is 20.3 Å². The fraction of sp³-hybridized carbons (Fsp3) is 0.600. The van der Waals surface area contributed by atoms with Gasteiger partial charge in [-0.15, -0.1) is 0 Å². The van der Waals surface area contributed by atoms with Crippen LogP contribution in [0.5, 0.6) is 0 Å². The number of nitrogens with two attached hydrogens (primary N) is 1. The quantitative estimate of drug-likeness (QED) is 0.699. The smallest absolute Gasteiger partial charge is 0.330 e. The Morgan fingerprint density at radius 3 is 2.50 bits per heavy atom. The lowest BCUT2D eigenvalue weighted by molar-refractivity contribution is -0.106. The zero-order valence-electron chi connectivity index (χ0n) is 8.28. The molecule has 14 heavy (non-hydrogen) atoms. The topological polar surface area (TPSA) is 26.0 Å². The fourth-order valence-electron chi connectivity index (χ4n) is 1.57. The molecule has 1 unspecified atom stereocenters. The van der Waals surface area contributed by atoms with Gasteiger partial charge in [0, 0.05) is 17.5 Å². The molecular formula is C10H14F3N. The monoisotopic (exact) mass is 205 g/mol. The van der Waals surface area contributed by atoms with Crippen molar-refractivity contribution in [3.8, 4) is 0 Å². The zero-order chi connectivity index (χ0) is 11.0. The predicted octanol–water partition coefficient (Wildman–Crippen LogP) is 2.79. The molecule has 1 aliphatic carbocycles. The molecule has 80 valence electrons. The summed E-state index contributed by atoms with van der Waals surface area (Å²) in [7, 11) is 0. The van der Waals surface area contributed by atoms with Crippen LogP contribution in [0.4, 0.5) is 13.2 Å². The van der Waals surface area contributed by atoms with Gasteiger partial charge in [0.1, 0.15) is 0 Å². The summed E-state index contributed by atoms with van der Waals surface area (Å²) in [6.07, 6.45) is -0.928. The van der Waals surface area contributed by atoms with E-state index in [1.165, 1.54) is 6.08 Å². The Balaban J connectivity index is 3.12. The van der Waals surface area contributed by atoms with Crippen LogP contribution in [0.15, 0.2) is 23.3 Å². The summed E-state index contributed by atoms with van der Waals surface area (Å²) in [5, 5.41) is 0. The molecule has 1 nitrogen and oxygen atoms in total. The van der Waals surface area contributed by atoms with Crippen LogP contribution in [0, 0.1) is 5.41 Å². The molecule has 1 rings (SSSR count). The largest absolute Gasteiger partial charge is 0.413 e. The first kappa shape index (κ1) is 11.3. The summed E-state index contributed by atoms with van der Waals surface area (Å²) in [6, 6.07) is 0. The van der Waals surface area contributed by atoms with Crippen LogP contribution >= 0.6 is 0 Å². The van der Waals surface area contributed by atoms with Crippen LogP contribution in [-0.2, 0) is 0 Å². The van der Waals surface area contributed by atoms with E-state index in [1.54, 1.807) is 19.9 Å². The van der Waals surface area contributed by atoms with E-state index in [0.717, 1.165) is 0 Å². The van der Waals surface area contributed by atoms with E-state index >= 15 is 0 Å². The maximum absolute atomic E-state index is 12.6. The third-order valence-electron chi connectivity index (χ3n) is 2.65. The van der Waals surface area contributed by atoms with Gasteiger partial charge in [0.05, 0.1) is 0 Å². The Kier molecular flexibility index (Phi) is 2.76. The second-order valence-electron chi connectivity index (χ2n) is 3.97. The van der Waals surface area contributed by atoms with Crippen LogP contribution in [0.3, 0.4) is 0 Å². The minimum Gasteiger partial charge on any atom is -0.330 e. The molecule has 1 aliphatic rings. The standard InChI is InChI=1S/C10H14F3N/c1-7-3-4-9(2,6-14)8(5-7)10(11,12)13/h3,5H,4,6,14H2,1-2H3. The van der Waals surface area contributed by atoms with Crippen molar-refractivity contribution in [3.63, 3.8) is 0 Å². The molecule has 0 aromatic rings. The van der Waals surface area contributed by atoms with Gasteiger partial charge in [-0.05, 0) is 13.3 Å². The average molecular weight is 205 g/mol. The van der Waals surface area contributed by atoms with Crippen LogP contribution < -0.4 is 5.73 Å². The number of rotatable bonds is 1. The summed E-state index contributed by atoms with van der Waals surface area (Å²) in [6.45, 7) is 3.24. The van der Waals surface area contributed by atoms with Gasteiger partial charge in [-0.25, -0.2) is 0 Å². The van der Waals surface area contributed by atoms with Gasteiger partial charge in [-0.1, -0.05) is 24.6 Å². The Bertz CT molecular complexity index is 288. The minimum atomic E-state index is -4.27. The van der Waals surface area contributed by atoms with Gasteiger partial charge in [-0.3, -0.25) is 0 Å². The van der Waals surface area contributed by atoms with Gasteiger partial charge in [0.25, 0.3) is 0 Å². The fourth-order valence-corrected chi connectivity index (χ4v) is 1.57. The van der Waals surface area contributed by atoms with Crippen molar-refractivity contribution >= 4 is 0 Å². The predicted molar refractivity (Wildman–Crippen MR) is 49.7 cm³/mol. The highest BCUT2D eigenvalue weighted by molar-refractivity contribution is 5.34. The maximum Gasteiger partial charge on any atom is 0.413 e. The van der Waals surface area contributed by atoms with E-state index in [1.807, 2.05) is 0 Å². The molecule has 0 amide bonds. The molecular weight excluding hydrogens is 191 g/mol. The zero-order valence-corrected chi connectivity index (χ0v) is 8.28. The van der Waals surface area contributed by atoms with Gasteiger partial charge in [-0.2, -0.15) is 13.2 Å². The molecule has 0 spiro atoms. The SMILES string of the molecule is CC1=CCC(C)(CN)C(C(F)(F)F)=C1. The summed E-state index contributed by atoms with van der Waals surface area (Å²) in [5.74, 6) is 0. The van der Waals surface area contributed by atoms with Crippen molar-refractivity contribution in [1.82, 2.24) is 0 Å². The lowest BCUT2D eigenvalue weighted by Crippen LogP contribution is -2.36. The van der Waals surface area contributed by atoms with Gasteiger partial charge >= 0.3 is 6.18 Å². The Hall–Kier alpha value is -0.770. The normalized spacial score (nSPS) is 28.4. The van der Waals surface area contributed by atoms with Crippen molar-refractivity contribution in [2.45, 2.75) is 26.4 Å². The summed E-state index contributed by atoms with van der Waals surface area (Å²) < 4.78 is 37.9.